The van der Waals surface area contributed by atoms with Crippen molar-refractivity contribution in [1.29, 1.82) is 0 Å². The Morgan fingerprint density at radius 2 is 1.88 bits per heavy atom. The van der Waals surface area contributed by atoms with E-state index in [9.17, 15) is 4.79 Å². The smallest absolute Gasteiger partial charge is 0.248 e. The first-order valence-corrected chi connectivity index (χ1v) is 5.46. The molecule has 0 bridgehead atoms. The van der Waals surface area contributed by atoms with Crippen molar-refractivity contribution in [2.45, 2.75) is 19.9 Å². The minimum atomic E-state index is -0.395. The minimum absolute atomic E-state index is 0.395. The van der Waals surface area contributed by atoms with Crippen LogP contribution in [0.3, 0.4) is 0 Å². The zero-order chi connectivity index (χ0) is 12.0. The van der Waals surface area contributed by atoms with Crippen molar-refractivity contribution >= 4 is 11.6 Å². The van der Waals surface area contributed by atoms with Gasteiger partial charge in [0.1, 0.15) is 0 Å². The van der Waals surface area contributed by atoms with Crippen LogP contribution in [0.2, 0.25) is 0 Å². The highest BCUT2D eigenvalue weighted by atomic mass is 16.1. The topological polar surface area (TPSA) is 67.2 Å². The van der Waals surface area contributed by atoms with Gasteiger partial charge < -0.3 is 16.4 Å². The number of hydrogen-bond acceptors (Lipinski definition) is 3. The summed E-state index contributed by atoms with van der Waals surface area (Å²) in [4.78, 5) is 10.8. The molecule has 0 radical (unpaired) electrons. The summed E-state index contributed by atoms with van der Waals surface area (Å²) in [6.45, 7) is 5.99. The molecule has 16 heavy (non-hydrogen) atoms. The van der Waals surface area contributed by atoms with Crippen molar-refractivity contribution in [3.8, 4) is 0 Å². The number of nitrogens with one attached hydrogen (secondary N) is 2. The van der Waals surface area contributed by atoms with Gasteiger partial charge in [-0.2, -0.15) is 0 Å². The number of carbonyl (C=O) groups excluding carboxylic acids is 1. The number of anilines is 1. The van der Waals surface area contributed by atoms with Crippen molar-refractivity contribution in [1.82, 2.24) is 5.32 Å². The first-order valence-electron chi connectivity index (χ1n) is 5.46. The first-order chi connectivity index (χ1) is 7.59. The lowest BCUT2D eigenvalue weighted by Crippen LogP contribution is -2.28. The van der Waals surface area contributed by atoms with Crippen molar-refractivity contribution < 1.29 is 4.79 Å². The molecule has 1 rings (SSSR count). The molecule has 0 heterocycles. The van der Waals surface area contributed by atoms with Gasteiger partial charge in [0.15, 0.2) is 0 Å². The summed E-state index contributed by atoms with van der Waals surface area (Å²) < 4.78 is 0. The van der Waals surface area contributed by atoms with Crippen molar-refractivity contribution in [2.24, 2.45) is 5.73 Å². The van der Waals surface area contributed by atoms with Gasteiger partial charge in [-0.05, 0) is 24.3 Å². The maximum absolute atomic E-state index is 10.8. The molecule has 0 aliphatic heterocycles. The van der Waals surface area contributed by atoms with Gasteiger partial charge in [0.05, 0.1) is 0 Å². The summed E-state index contributed by atoms with van der Waals surface area (Å²) in [7, 11) is 0. The van der Waals surface area contributed by atoms with Gasteiger partial charge in [-0.1, -0.05) is 13.8 Å². The van der Waals surface area contributed by atoms with Gasteiger partial charge in [0, 0.05) is 30.4 Å². The second-order valence-corrected chi connectivity index (χ2v) is 3.98. The first kappa shape index (κ1) is 12.5. The highest BCUT2D eigenvalue weighted by Gasteiger charge is 1.99. The van der Waals surface area contributed by atoms with Gasteiger partial charge in [0.25, 0.3) is 0 Å². The van der Waals surface area contributed by atoms with E-state index < -0.39 is 5.91 Å². The average Bonchev–Trinajstić information content (AvgIpc) is 2.25. The fraction of sp³-hybridized carbons (Fsp3) is 0.417. The second kappa shape index (κ2) is 6.12. The molecule has 1 aromatic rings. The Labute approximate surface area is 96.2 Å². The summed E-state index contributed by atoms with van der Waals surface area (Å²) in [6, 6.07) is 7.66. The van der Waals surface area contributed by atoms with E-state index in [4.69, 9.17) is 5.73 Å². The Hall–Kier alpha value is -1.55. The fourth-order valence-electron chi connectivity index (χ4n) is 1.32. The molecule has 0 aliphatic carbocycles. The van der Waals surface area contributed by atoms with E-state index in [2.05, 4.69) is 24.5 Å². The van der Waals surface area contributed by atoms with Gasteiger partial charge in [-0.15, -0.1) is 0 Å². The van der Waals surface area contributed by atoms with Crippen LogP contribution in [0, 0.1) is 0 Å². The Balaban J connectivity index is 2.35. The van der Waals surface area contributed by atoms with Crippen LogP contribution < -0.4 is 16.4 Å². The largest absolute Gasteiger partial charge is 0.384 e. The molecule has 0 unspecified atom stereocenters. The Kier molecular flexibility index (Phi) is 4.79. The van der Waals surface area contributed by atoms with E-state index in [0.29, 0.717) is 11.6 Å². The zero-order valence-corrected chi connectivity index (χ0v) is 9.79. The maximum Gasteiger partial charge on any atom is 0.248 e. The molecule has 0 spiro atoms. The minimum Gasteiger partial charge on any atom is -0.384 e. The van der Waals surface area contributed by atoms with Crippen LogP contribution in [0.1, 0.15) is 24.2 Å². The van der Waals surface area contributed by atoms with Crippen LogP contribution in [0.25, 0.3) is 0 Å². The predicted octanol–water partition coefficient (Wildman–Crippen LogP) is 1.20. The number of hydrogen-bond donors (Lipinski definition) is 3. The highest BCUT2D eigenvalue weighted by molar-refractivity contribution is 5.93. The third-order valence-electron chi connectivity index (χ3n) is 2.18. The molecule has 4 nitrogen and oxygen atoms in total. The third-order valence-corrected chi connectivity index (χ3v) is 2.18. The van der Waals surface area contributed by atoms with Crippen LogP contribution in [0.4, 0.5) is 5.69 Å². The molecule has 0 saturated heterocycles. The summed E-state index contributed by atoms with van der Waals surface area (Å²) in [6.07, 6.45) is 0. The van der Waals surface area contributed by atoms with E-state index >= 15 is 0 Å². The van der Waals surface area contributed by atoms with Crippen LogP contribution >= 0.6 is 0 Å². The molecular weight excluding hydrogens is 202 g/mol. The molecule has 0 aromatic heterocycles. The third kappa shape index (κ3) is 4.31. The van der Waals surface area contributed by atoms with Crippen LogP contribution in [-0.2, 0) is 0 Å². The molecule has 4 heteroatoms. The Morgan fingerprint density at radius 1 is 1.25 bits per heavy atom. The summed E-state index contributed by atoms with van der Waals surface area (Å²) in [5.41, 5.74) is 6.68. The number of primary amides is 1. The molecule has 4 N–H and O–H groups in total. The van der Waals surface area contributed by atoms with Crippen LogP contribution in [-0.4, -0.2) is 25.0 Å². The van der Waals surface area contributed by atoms with Gasteiger partial charge in [-0.3, -0.25) is 4.79 Å². The SMILES string of the molecule is CC(C)NCCNc1ccc(C(N)=O)cc1. The monoisotopic (exact) mass is 221 g/mol. The van der Waals surface area contributed by atoms with E-state index in [1.165, 1.54) is 0 Å². The highest BCUT2D eigenvalue weighted by Crippen LogP contribution is 2.08. The summed E-state index contributed by atoms with van der Waals surface area (Å²) in [5, 5.41) is 6.56. The standard InChI is InChI=1S/C12H19N3O/c1-9(2)14-7-8-15-11-5-3-10(4-6-11)12(13)16/h3-6,9,14-15H,7-8H2,1-2H3,(H2,13,16). The summed E-state index contributed by atoms with van der Waals surface area (Å²) >= 11 is 0. The number of amides is 1. The molecular formula is C12H19N3O. The lowest BCUT2D eigenvalue weighted by atomic mass is 10.2. The quantitative estimate of drug-likeness (QED) is 0.632. The predicted molar refractivity (Wildman–Crippen MR) is 66.6 cm³/mol. The number of benzene rings is 1. The van der Waals surface area contributed by atoms with Crippen molar-refractivity contribution in [3.63, 3.8) is 0 Å². The van der Waals surface area contributed by atoms with Crippen molar-refractivity contribution in [3.05, 3.63) is 29.8 Å². The van der Waals surface area contributed by atoms with Crippen LogP contribution in [0.15, 0.2) is 24.3 Å². The molecule has 88 valence electrons. The van der Waals surface area contributed by atoms with Gasteiger partial charge in [0.2, 0.25) is 5.91 Å². The van der Waals surface area contributed by atoms with Crippen LogP contribution in [0.5, 0.6) is 0 Å². The Bertz CT molecular complexity index is 333. The van der Waals surface area contributed by atoms with Gasteiger partial charge in [-0.25, -0.2) is 0 Å². The summed E-state index contributed by atoms with van der Waals surface area (Å²) in [5.74, 6) is -0.395. The second-order valence-electron chi connectivity index (χ2n) is 3.98. The maximum atomic E-state index is 10.8. The number of rotatable bonds is 6. The molecule has 1 aromatic carbocycles. The number of carbonyl (C=O) groups is 1. The molecule has 0 fully saturated rings. The molecule has 0 aliphatic rings. The number of nitrogens with two attached hydrogens (primary N) is 1. The molecule has 1 amide bonds. The van der Waals surface area contributed by atoms with E-state index in [0.717, 1.165) is 18.8 Å². The van der Waals surface area contributed by atoms with Crippen molar-refractivity contribution in [2.75, 3.05) is 18.4 Å². The lowest BCUT2D eigenvalue weighted by Gasteiger charge is -2.10. The van der Waals surface area contributed by atoms with Gasteiger partial charge >= 0.3 is 0 Å². The van der Waals surface area contributed by atoms with E-state index in [-0.39, 0.29) is 0 Å². The lowest BCUT2D eigenvalue weighted by molar-refractivity contribution is 0.100. The zero-order valence-electron chi connectivity index (χ0n) is 9.79. The van der Waals surface area contributed by atoms with E-state index in [1.807, 2.05) is 12.1 Å². The normalized spacial score (nSPS) is 10.4. The Morgan fingerprint density at radius 3 is 2.38 bits per heavy atom. The molecule has 0 atom stereocenters. The fourth-order valence-corrected chi connectivity index (χ4v) is 1.32. The van der Waals surface area contributed by atoms with E-state index in [1.54, 1.807) is 12.1 Å². The average molecular weight is 221 g/mol. The molecule has 0 saturated carbocycles.